The van der Waals surface area contributed by atoms with Gasteiger partial charge in [-0.05, 0) is 51.3 Å². The van der Waals surface area contributed by atoms with Gasteiger partial charge in [0, 0.05) is 33.2 Å². The van der Waals surface area contributed by atoms with E-state index in [1.807, 2.05) is 44.5 Å². The molecule has 1 aromatic rings. The summed E-state index contributed by atoms with van der Waals surface area (Å²) in [5.41, 5.74) is 2.32. The number of hydrogen-bond acceptors (Lipinski definition) is 3. The molecule has 1 aromatic carbocycles. The third kappa shape index (κ3) is 6.58. The summed E-state index contributed by atoms with van der Waals surface area (Å²) in [5.74, 6) is 1.78. The first-order valence-electron chi connectivity index (χ1n) is 9.37. The molecule has 0 heterocycles. The number of methoxy groups -OCH3 is 1. The van der Waals surface area contributed by atoms with Gasteiger partial charge in [-0.3, -0.25) is 9.79 Å². The number of likely N-dealkylation sites (N-methyl/N-ethyl adjacent to an activating group) is 2. The topological polar surface area (TPSA) is 57.2 Å². The molecule has 0 unspecified atom stereocenters. The second-order valence-corrected chi connectivity index (χ2v) is 6.21. The SMILES string of the molecule is CCNC(=NCCc1ccc(C)c(OC)c1)N(C)CC(=O)N(CC)CC. The van der Waals surface area contributed by atoms with Crippen LogP contribution >= 0.6 is 0 Å². The van der Waals surface area contributed by atoms with Gasteiger partial charge in [-0.2, -0.15) is 0 Å². The van der Waals surface area contributed by atoms with Crippen LogP contribution in [0.4, 0.5) is 0 Å². The number of aliphatic imine (C=N–C) groups is 1. The van der Waals surface area contributed by atoms with Crippen molar-refractivity contribution < 1.29 is 9.53 Å². The molecule has 0 saturated heterocycles. The van der Waals surface area contributed by atoms with E-state index in [0.29, 0.717) is 13.1 Å². The van der Waals surface area contributed by atoms with E-state index in [-0.39, 0.29) is 5.91 Å². The van der Waals surface area contributed by atoms with Crippen LogP contribution < -0.4 is 10.1 Å². The smallest absolute Gasteiger partial charge is 0.242 e. The molecule has 1 N–H and O–H groups in total. The normalized spacial score (nSPS) is 11.2. The molecule has 6 nitrogen and oxygen atoms in total. The number of hydrogen-bond donors (Lipinski definition) is 1. The molecule has 1 amide bonds. The van der Waals surface area contributed by atoms with Gasteiger partial charge >= 0.3 is 0 Å². The lowest BCUT2D eigenvalue weighted by molar-refractivity contribution is -0.131. The summed E-state index contributed by atoms with van der Waals surface area (Å²) in [6.07, 6.45) is 0.823. The van der Waals surface area contributed by atoms with Crippen LogP contribution in [0, 0.1) is 6.92 Å². The number of benzene rings is 1. The summed E-state index contributed by atoms with van der Waals surface area (Å²) < 4.78 is 5.38. The first-order chi connectivity index (χ1) is 12.5. The number of ether oxygens (including phenoxy) is 1. The van der Waals surface area contributed by atoms with Crippen molar-refractivity contribution in [3.63, 3.8) is 0 Å². The third-order valence-corrected chi connectivity index (χ3v) is 4.32. The summed E-state index contributed by atoms with van der Waals surface area (Å²) in [6.45, 7) is 11.3. The van der Waals surface area contributed by atoms with E-state index in [1.54, 1.807) is 7.11 Å². The van der Waals surface area contributed by atoms with Crippen LogP contribution in [-0.2, 0) is 11.2 Å². The second kappa shape index (κ2) is 11.4. The Kier molecular flexibility index (Phi) is 9.55. The molecule has 0 aliphatic heterocycles. The van der Waals surface area contributed by atoms with Crippen molar-refractivity contribution in [2.45, 2.75) is 34.1 Å². The zero-order chi connectivity index (χ0) is 19.5. The van der Waals surface area contributed by atoms with Crippen LogP contribution in [0.5, 0.6) is 5.75 Å². The quantitative estimate of drug-likeness (QED) is 0.541. The van der Waals surface area contributed by atoms with Gasteiger partial charge in [0.2, 0.25) is 5.91 Å². The highest BCUT2D eigenvalue weighted by atomic mass is 16.5. The zero-order valence-corrected chi connectivity index (χ0v) is 17.1. The summed E-state index contributed by atoms with van der Waals surface area (Å²) in [7, 11) is 3.59. The molecule has 0 spiro atoms. The fourth-order valence-electron chi connectivity index (χ4n) is 2.73. The average molecular weight is 363 g/mol. The van der Waals surface area contributed by atoms with E-state index in [0.717, 1.165) is 43.3 Å². The molecule has 0 aromatic heterocycles. The Morgan fingerprint density at radius 3 is 2.50 bits per heavy atom. The molecule has 0 saturated carbocycles. The van der Waals surface area contributed by atoms with Crippen molar-refractivity contribution in [1.82, 2.24) is 15.1 Å². The van der Waals surface area contributed by atoms with Gasteiger partial charge in [0.05, 0.1) is 13.7 Å². The molecule has 0 atom stereocenters. The van der Waals surface area contributed by atoms with E-state index >= 15 is 0 Å². The van der Waals surface area contributed by atoms with Crippen LogP contribution in [0.15, 0.2) is 23.2 Å². The molecule has 0 aliphatic carbocycles. The highest BCUT2D eigenvalue weighted by Crippen LogP contribution is 2.19. The van der Waals surface area contributed by atoms with Crippen LogP contribution in [-0.4, -0.2) is 68.5 Å². The molecule has 0 aliphatic rings. The van der Waals surface area contributed by atoms with E-state index in [2.05, 4.69) is 28.5 Å². The molecule has 146 valence electrons. The first kappa shape index (κ1) is 21.8. The number of nitrogens with zero attached hydrogens (tertiary/aromatic N) is 3. The Morgan fingerprint density at radius 2 is 1.92 bits per heavy atom. The van der Waals surface area contributed by atoms with E-state index < -0.39 is 0 Å². The number of guanidine groups is 1. The molecule has 0 fully saturated rings. The summed E-state index contributed by atoms with van der Waals surface area (Å²) in [5, 5.41) is 3.26. The molecular weight excluding hydrogens is 328 g/mol. The standard InChI is InChI=1S/C20H34N4O2/c1-7-21-20(23(5)15-19(25)24(8-2)9-3)22-13-12-17-11-10-16(4)18(14-17)26-6/h10-11,14H,7-9,12-13,15H2,1-6H3,(H,21,22). The molecule has 0 bridgehead atoms. The monoisotopic (exact) mass is 362 g/mol. The van der Waals surface area contributed by atoms with Gasteiger partial charge < -0.3 is 19.9 Å². The van der Waals surface area contributed by atoms with Crippen molar-refractivity contribution in [2.24, 2.45) is 4.99 Å². The minimum atomic E-state index is 0.117. The highest BCUT2D eigenvalue weighted by Gasteiger charge is 2.14. The van der Waals surface area contributed by atoms with E-state index in [4.69, 9.17) is 4.74 Å². The lowest BCUT2D eigenvalue weighted by Crippen LogP contribution is -2.45. The summed E-state index contributed by atoms with van der Waals surface area (Å²) in [6, 6.07) is 6.23. The van der Waals surface area contributed by atoms with Gasteiger partial charge in [0.1, 0.15) is 5.75 Å². The maximum atomic E-state index is 12.3. The van der Waals surface area contributed by atoms with E-state index in [9.17, 15) is 4.79 Å². The van der Waals surface area contributed by atoms with Crippen molar-refractivity contribution in [3.8, 4) is 5.75 Å². The highest BCUT2D eigenvalue weighted by molar-refractivity contribution is 5.86. The Balaban J connectivity index is 2.71. The summed E-state index contributed by atoms with van der Waals surface area (Å²) in [4.78, 5) is 20.7. The maximum absolute atomic E-state index is 12.3. The maximum Gasteiger partial charge on any atom is 0.242 e. The predicted molar refractivity (Wildman–Crippen MR) is 108 cm³/mol. The van der Waals surface area contributed by atoms with Gasteiger partial charge in [0.15, 0.2) is 5.96 Å². The minimum absolute atomic E-state index is 0.117. The van der Waals surface area contributed by atoms with Crippen molar-refractivity contribution in [3.05, 3.63) is 29.3 Å². The van der Waals surface area contributed by atoms with Gasteiger partial charge in [-0.25, -0.2) is 0 Å². The van der Waals surface area contributed by atoms with Crippen LogP contribution in [0.3, 0.4) is 0 Å². The number of carbonyl (C=O) groups excluding carboxylic acids is 1. The summed E-state index contributed by atoms with van der Waals surface area (Å²) >= 11 is 0. The van der Waals surface area contributed by atoms with Gasteiger partial charge in [0.25, 0.3) is 0 Å². The van der Waals surface area contributed by atoms with Crippen LogP contribution in [0.1, 0.15) is 31.9 Å². The average Bonchev–Trinajstić information content (AvgIpc) is 2.63. The van der Waals surface area contributed by atoms with Crippen molar-refractivity contribution >= 4 is 11.9 Å². The zero-order valence-electron chi connectivity index (χ0n) is 17.1. The Labute approximate surface area is 158 Å². The molecular formula is C20H34N4O2. The molecule has 1 rings (SSSR count). The fourth-order valence-corrected chi connectivity index (χ4v) is 2.73. The Bertz CT molecular complexity index is 597. The lowest BCUT2D eigenvalue weighted by atomic mass is 10.1. The minimum Gasteiger partial charge on any atom is -0.496 e. The number of aryl methyl sites for hydroxylation is 1. The van der Waals surface area contributed by atoms with Crippen LogP contribution in [0.2, 0.25) is 0 Å². The number of rotatable bonds is 9. The number of amides is 1. The van der Waals surface area contributed by atoms with Gasteiger partial charge in [-0.15, -0.1) is 0 Å². The third-order valence-electron chi connectivity index (χ3n) is 4.32. The Hall–Kier alpha value is -2.24. The predicted octanol–water partition coefficient (Wildman–Crippen LogP) is 2.31. The number of nitrogens with one attached hydrogen (secondary N) is 1. The van der Waals surface area contributed by atoms with Gasteiger partial charge in [-0.1, -0.05) is 12.1 Å². The molecule has 26 heavy (non-hydrogen) atoms. The first-order valence-corrected chi connectivity index (χ1v) is 9.37. The molecule has 6 heteroatoms. The molecule has 0 radical (unpaired) electrons. The fraction of sp³-hybridized carbons (Fsp3) is 0.600. The second-order valence-electron chi connectivity index (χ2n) is 6.21. The number of carbonyl (C=O) groups is 1. The Morgan fingerprint density at radius 1 is 1.23 bits per heavy atom. The van der Waals surface area contributed by atoms with Crippen molar-refractivity contribution in [2.75, 3.05) is 46.9 Å². The van der Waals surface area contributed by atoms with Crippen molar-refractivity contribution in [1.29, 1.82) is 0 Å². The van der Waals surface area contributed by atoms with E-state index in [1.165, 1.54) is 5.56 Å². The lowest BCUT2D eigenvalue weighted by Gasteiger charge is -2.25. The largest absolute Gasteiger partial charge is 0.496 e. The van der Waals surface area contributed by atoms with Crippen LogP contribution in [0.25, 0.3) is 0 Å².